The van der Waals surface area contributed by atoms with Gasteiger partial charge in [-0.2, -0.15) is 0 Å². The molecule has 0 saturated carbocycles. The van der Waals surface area contributed by atoms with Crippen LogP contribution in [0.4, 0.5) is 10.5 Å². The SMILES string of the molecule is CC1C(C(=O)O)CCN1C(=O)Nc1ccc2sccc2c1. The monoisotopic (exact) mass is 304 g/mol. The molecule has 0 radical (unpaired) electrons. The third-order valence-corrected chi connectivity index (χ3v) is 4.93. The highest BCUT2D eigenvalue weighted by molar-refractivity contribution is 7.17. The number of amides is 2. The fourth-order valence-corrected chi connectivity index (χ4v) is 3.57. The highest BCUT2D eigenvalue weighted by Crippen LogP contribution is 2.27. The number of hydrogen-bond donors (Lipinski definition) is 2. The van der Waals surface area contributed by atoms with Crippen molar-refractivity contribution >= 4 is 39.1 Å². The Morgan fingerprint density at radius 1 is 1.38 bits per heavy atom. The number of hydrogen-bond acceptors (Lipinski definition) is 3. The predicted octanol–water partition coefficient (Wildman–Crippen LogP) is 3.23. The lowest BCUT2D eigenvalue weighted by Crippen LogP contribution is -2.40. The molecule has 1 saturated heterocycles. The first-order valence-electron chi connectivity index (χ1n) is 6.84. The number of anilines is 1. The Balaban J connectivity index is 1.72. The maximum Gasteiger partial charge on any atom is 0.322 e. The second kappa shape index (κ2) is 5.37. The molecule has 6 heteroatoms. The van der Waals surface area contributed by atoms with Crippen LogP contribution in [0.3, 0.4) is 0 Å². The summed E-state index contributed by atoms with van der Waals surface area (Å²) in [5.74, 6) is -1.31. The van der Waals surface area contributed by atoms with Crippen LogP contribution in [0, 0.1) is 5.92 Å². The summed E-state index contributed by atoms with van der Waals surface area (Å²) in [4.78, 5) is 25.0. The lowest BCUT2D eigenvalue weighted by atomic mass is 10.0. The number of fused-ring (bicyclic) bond motifs is 1. The molecule has 1 aliphatic rings. The molecule has 2 unspecified atom stereocenters. The standard InChI is InChI=1S/C15H16N2O3S/c1-9-12(14(18)19)4-6-17(9)15(20)16-11-2-3-13-10(8-11)5-7-21-13/h2-3,5,7-9,12H,4,6H2,1H3,(H,16,20)(H,18,19). The number of nitrogens with one attached hydrogen (secondary N) is 1. The van der Waals surface area contributed by atoms with Gasteiger partial charge in [-0.05, 0) is 48.4 Å². The third kappa shape index (κ3) is 2.58. The van der Waals surface area contributed by atoms with Gasteiger partial charge in [-0.25, -0.2) is 4.79 Å². The highest BCUT2D eigenvalue weighted by Gasteiger charge is 2.38. The van der Waals surface area contributed by atoms with Crippen LogP contribution in [0.1, 0.15) is 13.3 Å². The van der Waals surface area contributed by atoms with Crippen LogP contribution in [-0.2, 0) is 4.79 Å². The molecular weight excluding hydrogens is 288 g/mol. The number of aliphatic carboxylic acids is 1. The van der Waals surface area contributed by atoms with Crippen molar-refractivity contribution < 1.29 is 14.7 Å². The Kier molecular flexibility index (Phi) is 3.55. The molecule has 0 bridgehead atoms. The third-order valence-electron chi connectivity index (χ3n) is 4.04. The van der Waals surface area contributed by atoms with Gasteiger partial charge >= 0.3 is 12.0 Å². The lowest BCUT2D eigenvalue weighted by Gasteiger charge is -2.23. The first-order chi connectivity index (χ1) is 10.1. The first kappa shape index (κ1) is 13.9. The maximum atomic E-state index is 12.3. The van der Waals surface area contributed by atoms with E-state index in [1.165, 1.54) is 4.70 Å². The molecular formula is C15H16N2O3S. The maximum absolute atomic E-state index is 12.3. The van der Waals surface area contributed by atoms with E-state index in [2.05, 4.69) is 5.32 Å². The van der Waals surface area contributed by atoms with E-state index in [-0.39, 0.29) is 12.1 Å². The van der Waals surface area contributed by atoms with Gasteiger partial charge in [-0.1, -0.05) is 0 Å². The van der Waals surface area contributed by atoms with Gasteiger partial charge in [-0.3, -0.25) is 4.79 Å². The van der Waals surface area contributed by atoms with Crippen LogP contribution >= 0.6 is 11.3 Å². The van der Waals surface area contributed by atoms with Crippen molar-refractivity contribution in [2.75, 3.05) is 11.9 Å². The van der Waals surface area contributed by atoms with Gasteiger partial charge < -0.3 is 15.3 Å². The zero-order valence-electron chi connectivity index (χ0n) is 11.6. The van der Waals surface area contributed by atoms with E-state index in [9.17, 15) is 9.59 Å². The molecule has 3 rings (SSSR count). The van der Waals surface area contributed by atoms with Gasteiger partial charge in [0.05, 0.1) is 5.92 Å². The molecule has 1 aliphatic heterocycles. The summed E-state index contributed by atoms with van der Waals surface area (Å²) in [5.41, 5.74) is 0.733. The van der Waals surface area contributed by atoms with Crippen LogP contribution in [0.2, 0.25) is 0 Å². The zero-order valence-corrected chi connectivity index (χ0v) is 12.4. The van der Waals surface area contributed by atoms with Gasteiger partial charge in [0.1, 0.15) is 0 Å². The minimum atomic E-state index is -0.836. The number of carboxylic acid groups (broad SMARTS) is 1. The summed E-state index contributed by atoms with van der Waals surface area (Å²) in [6.07, 6.45) is 0.507. The van der Waals surface area contributed by atoms with E-state index in [0.29, 0.717) is 13.0 Å². The van der Waals surface area contributed by atoms with Gasteiger partial charge in [0.15, 0.2) is 0 Å². The Hall–Kier alpha value is -2.08. The second-order valence-corrected chi connectivity index (χ2v) is 6.22. The van der Waals surface area contributed by atoms with E-state index < -0.39 is 11.9 Å². The average Bonchev–Trinajstić information content (AvgIpc) is 3.04. The molecule has 2 atom stereocenters. The topological polar surface area (TPSA) is 69.6 Å². The molecule has 1 aromatic heterocycles. The molecule has 5 nitrogen and oxygen atoms in total. The second-order valence-electron chi connectivity index (χ2n) is 5.27. The normalized spacial score (nSPS) is 21.7. The minimum Gasteiger partial charge on any atom is -0.481 e. The molecule has 110 valence electrons. The molecule has 0 spiro atoms. The van der Waals surface area contributed by atoms with Crippen molar-refractivity contribution in [1.82, 2.24) is 4.90 Å². The zero-order chi connectivity index (χ0) is 15.0. The molecule has 1 fully saturated rings. The van der Waals surface area contributed by atoms with E-state index in [1.54, 1.807) is 23.2 Å². The minimum absolute atomic E-state index is 0.235. The number of carbonyl (C=O) groups excluding carboxylic acids is 1. The van der Waals surface area contributed by atoms with E-state index in [4.69, 9.17) is 5.11 Å². The number of thiophene rings is 1. The van der Waals surface area contributed by atoms with Gasteiger partial charge in [-0.15, -0.1) is 11.3 Å². The fourth-order valence-electron chi connectivity index (χ4n) is 2.80. The Labute approximate surface area is 126 Å². The number of carboxylic acids is 1. The largest absolute Gasteiger partial charge is 0.481 e. The Morgan fingerprint density at radius 2 is 2.19 bits per heavy atom. The highest BCUT2D eigenvalue weighted by atomic mass is 32.1. The molecule has 2 heterocycles. The number of likely N-dealkylation sites (tertiary alicyclic amines) is 1. The van der Waals surface area contributed by atoms with Crippen molar-refractivity contribution in [2.24, 2.45) is 5.92 Å². The van der Waals surface area contributed by atoms with Crippen molar-refractivity contribution in [3.63, 3.8) is 0 Å². The summed E-state index contributed by atoms with van der Waals surface area (Å²) < 4.78 is 1.17. The summed E-state index contributed by atoms with van der Waals surface area (Å²) in [6, 6.07) is 7.26. The first-order valence-corrected chi connectivity index (χ1v) is 7.72. The molecule has 2 N–H and O–H groups in total. The van der Waals surface area contributed by atoms with Crippen molar-refractivity contribution in [3.05, 3.63) is 29.6 Å². The van der Waals surface area contributed by atoms with E-state index in [0.717, 1.165) is 11.1 Å². The molecule has 2 amide bonds. The number of nitrogens with zero attached hydrogens (tertiary/aromatic N) is 1. The average molecular weight is 304 g/mol. The Morgan fingerprint density at radius 3 is 2.90 bits per heavy atom. The number of benzene rings is 1. The smallest absolute Gasteiger partial charge is 0.322 e. The van der Waals surface area contributed by atoms with E-state index in [1.807, 2.05) is 29.6 Å². The van der Waals surface area contributed by atoms with Gasteiger partial charge in [0.2, 0.25) is 0 Å². The Bertz CT molecular complexity index is 697. The number of rotatable bonds is 2. The quantitative estimate of drug-likeness (QED) is 0.895. The van der Waals surface area contributed by atoms with Crippen LogP contribution < -0.4 is 5.32 Å². The molecule has 2 aromatic rings. The predicted molar refractivity (Wildman–Crippen MR) is 82.8 cm³/mol. The summed E-state index contributed by atoms with van der Waals surface area (Å²) in [7, 11) is 0. The summed E-state index contributed by atoms with van der Waals surface area (Å²) in [5, 5.41) is 15.1. The lowest BCUT2D eigenvalue weighted by molar-refractivity contribution is -0.142. The molecule has 21 heavy (non-hydrogen) atoms. The number of carbonyl (C=O) groups is 2. The van der Waals surface area contributed by atoms with Crippen molar-refractivity contribution in [3.8, 4) is 0 Å². The van der Waals surface area contributed by atoms with Gasteiger partial charge in [0.25, 0.3) is 0 Å². The number of urea groups is 1. The molecule has 1 aromatic carbocycles. The van der Waals surface area contributed by atoms with Crippen LogP contribution in [0.25, 0.3) is 10.1 Å². The summed E-state index contributed by atoms with van der Waals surface area (Å²) >= 11 is 1.66. The summed E-state index contributed by atoms with van der Waals surface area (Å²) in [6.45, 7) is 2.26. The fraction of sp³-hybridized carbons (Fsp3) is 0.333. The van der Waals surface area contributed by atoms with Crippen LogP contribution in [0.15, 0.2) is 29.6 Å². The van der Waals surface area contributed by atoms with E-state index >= 15 is 0 Å². The van der Waals surface area contributed by atoms with Crippen LogP contribution in [-0.4, -0.2) is 34.6 Å². The van der Waals surface area contributed by atoms with Gasteiger partial charge in [0, 0.05) is 23.0 Å². The van der Waals surface area contributed by atoms with Crippen molar-refractivity contribution in [2.45, 2.75) is 19.4 Å². The van der Waals surface area contributed by atoms with Crippen LogP contribution in [0.5, 0.6) is 0 Å². The van der Waals surface area contributed by atoms with Crippen molar-refractivity contribution in [1.29, 1.82) is 0 Å². The molecule has 0 aliphatic carbocycles.